The minimum Gasteiger partial charge on any atom is -0.480 e. The number of aliphatic carboxylic acids is 1. The van der Waals surface area contributed by atoms with Crippen LogP contribution in [0.2, 0.25) is 0 Å². The van der Waals surface area contributed by atoms with Crippen LogP contribution in [0.1, 0.15) is 28.3 Å². The van der Waals surface area contributed by atoms with Crippen LogP contribution < -0.4 is 4.72 Å². The Hall–Kier alpha value is -2.69. The number of rotatable bonds is 5. The summed E-state index contributed by atoms with van der Waals surface area (Å²) in [6, 6.07) is 11.2. The molecule has 0 amide bonds. The lowest BCUT2D eigenvalue weighted by molar-refractivity contribution is -0.139. The average Bonchev–Trinajstić information content (AvgIpc) is 2.52. The number of benzene rings is 2. The molecular formula is C17H16N2O4S. The number of aryl methyl sites for hydroxylation is 2. The van der Waals surface area contributed by atoms with Crippen LogP contribution in [0.4, 0.5) is 0 Å². The number of nitrogens with zero attached hydrogens (tertiary/aromatic N) is 1. The number of hydrogen-bond acceptors (Lipinski definition) is 4. The predicted octanol–water partition coefficient (Wildman–Crippen LogP) is 2.28. The number of carboxylic acid groups (broad SMARTS) is 1. The third-order valence-corrected chi connectivity index (χ3v) is 4.94. The van der Waals surface area contributed by atoms with Crippen molar-refractivity contribution < 1.29 is 18.3 Å². The van der Waals surface area contributed by atoms with Gasteiger partial charge in [0.1, 0.15) is 6.04 Å². The van der Waals surface area contributed by atoms with E-state index in [-0.39, 0.29) is 4.90 Å². The topological polar surface area (TPSA) is 107 Å². The van der Waals surface area contributed by atoms with Gasteiger partial charge in [0, 0.05) is 0 Å². The van der Waals surface area contributed by atoms with E-state index >= 15 is 0 Å². The highest BCUT2D eigenvalue weighted by molar-refractivity contribution is 7.89. The van der Waals surface area contributed by atoms with Gasteiger partial charge in [0.2, 0.25) is 10.0 Å². The Morgan fingerprint density at radius 1 is 1.21 bits per heavy atom. The highest BCUT2D eigenvalue weighted by atomic mass is 32.2. The van der Waals surface area contributed by atoms with Gasteiger partial charge in [-0.2, -0.15) is 9.98 Å². The van der Waals surface area contributed by atoms with Crippen LogP contribution in [0.3, 0.4) is 0 Å². The molecule has 2 aromatic rings. The Bertz CT molecular complexity index is 930. The summed E-state index contributed by atoms with van der Waals surface area (Å²) >= 11 is 0. The van der Waals surface area contributed by atoms with E-state index in [1.807, 2.05) is 6.07 Å². The highest BCUT2D eigenvalue weighted by Crippen LogP contribution is 2.20. The van der Waals surface area contributed by atoms with Gasteiger partial charge in [-0.15, -0.1) is 0 Å². The predicted molar refractivity (Wildman–Crippen MR) is 87.8 cm³/mol. The zero-order chi connectivity index (χ0) is 17.9. The van der Waals surface area contributed by atoms with E-state index < -0.39 is 22.0 Å². The SMILES string of the molecule is Cc1cccc(C(NS(=O)(=O)c2ccc(C#N)c(C)c2)C(=O)O)c1. The molecule has 124 valence electrons. The summed E-state index contributed by atoms with van der Waals surface area (Å²) in [4.78, 5) is 11.4. The maximum Gasteiger partial charge on any atom is 0.326 e. The first-order valence-corrected chi connectivity index (χ1v) is 8.55. The molecule has 0 spiro atoms. The number of hydrogen-bond donors (Lipinski definition) is 2. The van der Waals surface area contributed by atoms with Crippen molar-refractivity contribution in [2.75, 3.05) is 0 Å². The lowest BCUT2D eigenvalue weighted by atomic mass is 10.1. The summed E-state index contributed by atoms with van der Waals surface area (Å²) in [7, 11) is -4.05. The lowest BCUT2D eigenvalue weighted by Gasteiger charge is -2.16. The van der Waals surface area contributed by atoms with Crippen LogP contribution in [-0.4, -0.2) is 19.5 Å². The minimum absolute atomic E-state index is 0.0853. The van der Waals surface area contributed by atoms with Crippen LogP contribution in [0, 0.1) is 25.2 Å². The molecule has 0 radical (unpaired) electrons. The molecule has 0 aromatic heterocycles. The zero-order valence-corrected chi connectivity index (χ0v) is 14.0. The number of carboxylic acids is 1. The second-order valence-corrected chi connectivity index (χ2v) is 7.11. The van der Waals surface area contributed by atoms with Crippen molar-refractivity contribution in [3.8, 4) is 6.07 Å². The maximum absolute atomic E-state index is 12.5. The summed E-state index contributed by atoms with van der Waals surface area (Å²) in [5.74, 6) is -1.30. The molecule has 0 heterocycles. The van der Waals surface area contributed by atoms with Crippen LogP contribution in [0.25, 0.3) is 0 Å². The van der Waals surface area contributed by atoms with E-state index in [2.05, 4.69) is 4.72 Å². The van der Waals surface area contributed by atoms with Gasteiger partial charge in [-0.25, -0.2) is 8.42 Å². The Morgan fingerprint density at radius 3 is 2.46 bits per heavy atom. The van der Waals surface area contributed by atoms with Crippen LogP contribution in [0.5, 0.6) is 0 Å². The monoisotopic (exact) mass is 344 g/mol. The van der Waals surface area contributed by atoms with Crippen molar-refractivity contribution in [3.05, 3.63) is 64.7 Å². The van der Waals surface area contributed by atoms with E-state index in [1.165, 1.54) is 18.2 Å². The Labute approximate surface area is 140 Å². The van der Waals surface area contributed by atoms with E-state index in [4.69, 9.17) is 5.26 Å². The first-order chi connectivity index (χ1) is 11.2. The molecular weight excluding hydrogens is 328 g/mol. The average molecular weight is 344 g/mol. The standard InChI is InChI=1S/C17H16N2O4S/c1-11-4-3-5-13(8-11)16(17(20)21)19-24(22,23)15-7-6-14(10-18)12(2)9-15/h3-9,16,19H,1-2H3,(H,20,21). The molecule has 2 rings (SSSR count). The van der Waals surface area contributed by atoms with Crippen molar-refractivity contribution in [3.63, 3.8) is 0 Å². The third kappa shape index (κ3) is 3.79. The zero-order valence-electron chi connectivity index (χ0n) is 13.1. The molecule has 1 atom stereocenters. The molecule has 0 aliphatic heterocycles. The van der Waals surface area contributed by atoms with Crippen molar-refractivity contribution in [1.29, 1.82) is 5.26 Å². The molecule has 24 heavy (non-hydrogen) atoms. The fraction of sp³-hybridized carbons (Fsp3) is 0.176. The van der Waals surface area contributed by atoms with Gasteiger partial charge in [-0.05, 0) is 43.2 Å². The molecule has 6 nitrogen and oxygen atoms in total. The van der Waals surface area contributed by atoms with Gasteiger partial charge in [0.25, 0.3) is 0 Å². The van der Waals surface area contributed by atoms with E-state index in [0.29, 0.717) is 16.7 Å². The summed E-state index contributed by atoms with van der Waals surface area (Å²) in [5.41, 5.74) is 2.04. The molecule has 2 N–H and O–H groups in total. The van der Waals surface area contributed by atoms with Crippen LogP contribution in [0.15, 0.2) is 47.4 Å². The van der Waals surface area contributed by atoms with Gasteiger partial charge >= 0.3 is 5.97 Å². The molecule has 7 heteroatoms. The number of carbonyl (C=O) groups is 1. The number of sulfonamides is 1. The van der Waals surface area contributed by atoms with Crippen molar-refractivity contribution >= 4 is 16.0 Å². The summed E-state index contributed by atoms with van der Waals surface area (Å²) in [6.07, 6.45) is 0. The molecule has 1 unspecified atom stereocenters. The van der Waals surface area contributed by atoms with Crippen molar-refractivity contribution in [1.82, 2.24) is 4.72 Å². The molecule has 0 aliphatic carbocycles. The van der Waals surface area contributed by atoms with Gasteiger partial charge < -0.3 is 5.11 Å². The maximum atomic E-state index is 12.5. The lowest BCUT2D eigenvalue weighted by Crippen LogP contribution is -2.33. The number of nitrogens with one attached hydrogen (secondary N) is 1. The second kappa shape index (κ2) is 6.83. The Balaban J connectivity index is 2.40. The Kier molecular flexibility index (Phi) is 5.02. The highest BCUT2D eigenvalue weighted by Gasteiger charge is 2.27. The summed E-state index contributed by atoms with van der Waals surface area (Å²) in [6.45, 7) is 3.41. The fourth-order valence-electron chi connectivity index (χ4n) is 2.26. The first-order valence-electron chi connectivity index (χ1n) is 7.07. The summed E-state index contributed by atoms with van der Waals surface area (Å²) in [5, 5.41) is 18.3. The fourth-order valence-corrected chi connectivity index (χ4v) is 3.53. The molecule has 2 aromatic carbocycles. The van der Waals surface area contributed by atoms with Crippen molar-refractivity contribution in [2.45, 2.75) is 24.8 Å². The molecule has 0 aliphatic rings. The van der Waals surface area contributed by atoms with E-state index in [1.54, 1.807) is 38.1 Å². The third-order valence-electron chi connectivity index (χ3n) is 3.52. The number of nitriles is 1. The van der Waals surface area contributed by atoms with E-state index in [0.717, 1.165) is 5.56 Å². The summed E-state index contributed by atoms with van der Waals surface area (Å²) < 4.78 is 27.2. The van der Waals surface area contributed by atoms with Crippen molar-refractivity contribution in [2.24, 2.45) is 0 Å². The van der Waals surface area contributed by atoms with Gasteiger partial charge in [-0.3, -0.25) is 4.79 Å². The van der Waals surface area contributed by atoms with E-state index in [9.17, 15) is 18.3 Å². The van der Waals surface area contributed by atoms with Gasteiger partial charge in [0.05, 0.1) is 16.5 Å². The van der Waals surface area contributed by atoms with Crippen LogP contribution in [-0.2, 0) is 14.8 Å². The Morgan fingerprint density at radius 2 is 1.92 bits per heavy atom. The normalized spacial score (nSPS) is 12.4. The molecule has 0 saturated carbocycles. The molecule has 0 bridgehead atoms. The quantitative estimate of drug-likeness (QED) is 0.865. The largest absolute Gasteiger partial charge is 0.480 e. The minimum atomic E-state index is -4.05. The van der Waals surface area contributed by atoms with Gasteiger partial charge in [-0.1, -0.05) is 29.8 Å². The second-order valence-electron chi connectivity index (χ2n) is 5.40. The molecule has 0 fully saturated rings. The first kappa shape index (κ1) is 17.7. The smallest absolute Gasteiger partial charge is 0.326 e. The van der Waals surface area contributed by atoms with Crippen LogP contribution >= 0.6 is 0 Å². The molecule has 0 saturated heterocycles. The van der Waals surface area contributed by atoms with Gasteiger partial charge in [0.15, 0.2) is 0 Å².